The van der Waals surface area contributed by atoms with Crippen molar-refractivity contribution in [3.8, 4) is 0 Å². The van der Waals surface area contributed by atoms with Crippen LogP contribution in [0.15, 0.2) is 0 Å². The minimum atomic E-state index is 0.231. The third-order valence-corrected chi connectivity index (χ3v) is 6.12. The van der Waals surface area contributed by atoms with E-state index < -0.39 is 0 Å². The fourth-order valence-electron chi connectivity index (χ4n) is 4.08. The summed E-state index contributed by atoms with van der Waals surface area (Å²) in [5.41, 5.74) is 0.231. The molecule has 1 N–H and O–H groups in total. The van der Waals surface area contributed by atoms with E-state index in [1.807, 2.05) is 0 Å². The summed E-state index contributed by atoms with van der Waals surface area (Å²) < 4.78 is 6.23. The van der Waals surface area contributed by atoms with Crippen LogP contribution in [0.25, 0.3) is 0 Å². The van der Waals surface area contributed by atoms with Gasteiger partial charge in [0.1, 0.15) is 0 Å². The molecule has 2 heterocycles. The van der Waals surface area contributed by atoms with E-state index in [2.05, 4.69) is 38.0 Å². The molecule has 0 saturated carbocycles. The molecule has 2 aliphatic heterocycles. The van der Waals surface area contributed by atoms with Crippen molar-refractivity contribution >= 4 is 11.8 Å². The van der Waals surface area contributed by atoms with E-state index in [0.717, 1.165) is 18.4 Å². The van der Waals surface area contributed by atoms with Crippen LogP contribution >= 0.6 is 11.8 Å². The number of hydrogen-bond donors (Lipinski definition) is 1. The number of ether oxygens (including phenoxy) is 1. The molecule has 112 valence electrons. The van der Waals surface area contributed by atoms with E-state index >= 15 is 0 Å². The molecule has 0 aromatic carbocycles. The van der Waals surface area contributed by atoms with Gasteiger partial charge in [-0.25, -0.2) is 0 Å². The standard InChI is InChI=1S/C16H31NOS/c1-4-5-13(2)15(17-3)14-6-9-18-16(12-14)7-10-19-11-8-16/h13-15,17H,4-12H2,1-3H3. The Morgan fingerprint density at radius 1 is 1.37 bits per heavy atom. The first-order valence-corrected chi connectivity index (χ1v) is 9.25. The van der Waals surface area contributed by atoms with Crippen LogP contribution in [0, 0.1) is 11.8 Å². The first-order valence-electron chi connectivity index (χ1n) is 8.10. The van der Waals surface area contributed by atoms with E-state index in [-0.39, 0.29) is 5.60 Å². The van der Waals surface area contributed by atoms with E-state index in [1.165, 1.54) is 50.0 Å². The molecule has 0 aromatic rings. The second-order valence-electron chi connectivity index (χ2n) is 6.48. The summed E-state index contributed by atoms with van der Waals surface area (Å²) in [6, 6.07) is 0.676. The lowest BCUT2D eigenvalue weighted by Gasteiger charge is -2.46. The van der Waals surface area contributed by atoms with Gasteiger partial charge >= 0.3 is 0 Å². The van der Waals surface area contributed by atoms with Crippen LogP contribution in [0.1, 0.15) is 52.4 Å². The smallest absolute Gasteiger partial charge is 0.0701 e. The SMILES string of the molecule is CCCC(C)C(NC)C1CCOC2(CCSCC2)C1. The molecule has 2 fully saturated rings. The normalized spacial score (nSPS) is 30.2. The average molecular weight is 285 g/mol. The van der Waals surface area contributed by atoms with Crippen LogP contribution in [-0.4, -0.2) is 36.8 Å². The van der Waals surface area contributed by atoms with Gasteiger partial charge in [0.05, 0.1) is 5.60 Å². The van der Waals surface area contributed by atoms with Gasteiger partial charge in [-0.05, 0) is 62.5 Å². The molecule has 3 unspecified atom stereocenters. The quantitative estimate of drug-likeness (QED) is 0.832. The van der Waals surface area contributed by atoms with Crippen molar-refractivity contribution in [3.63, 3.8) is 0 Å². The van der Waals surface area contributed by atoms with Crippen molar-refractivity contribution in [1.29, 1.82) is 0 Å². The number of thioether (sulfide) groups is 1. The van der Waals surface area contributed by atoms with Crippen molar-refractivity contribution < 1.29 is 4.74 Å². The van der Waals surface area contributed by atoms with Crippen LogP contribution < -0.4 is 5.32 Å². The van der Waals surface area contributed by atoms with E-state index in [0.29, 0.717) is 6.04 Å². The monoisotopic (exact) mass is 285 g/mol. The molecule has 3 atom stereocenters. The van der Waals surface area contributed by atoms with Gasteiger partial charge in [0, 0.05) is 12.6 Å². The van der Waals surface area contributed by atoms with Gasteiger partial charge in [-0.3, -0.25) is 0 Å². The van der Waals surface area contributed by atoms with E-state index in [9.17, 15) is 0 Å². The van der Waals surface area contributed by atoms with E-state index in [4.69, 9.17) is 4.74 Å². The van der Waals surface area contributed by atoms with Gasteiger partial charge in [-0.15, -0.1) is 0 Å². The molecule has 2 rings (SSSR count). The molecule has 2 aliphatic rings. The fourth-order valence-corrected chi connectivity index (χ4v) is 5.32. The molecule has 3 heteroatoms. The maximum atomic E-state index is 6.23. The Balaban J connectivity index is 1.98. The zero-order chi connectivity index (χ0) is 13.7. The van der Waals surface area contributed by atoms with Crippen molar-refractivity contribution in [2.24, 2.45) is 11.8 Å². The molecule has 2 saturated heterocycles. The third kappa shape index (κ3) is 3.89. The summed E-state index contributed by atoms with van der Waals surface area (Å²) in [7, 11) is 2.15. The third-order valence-electron chi connectivity index (χ3n) is 5.13. The molecular formula is C16H31NOS. The summed E-state index contributed by atoms with van der Waals surface area (Å²) in [6.45, 7) is 5.70. The first kappa shape index (κ1) is 15.7. The lowest BCUT2D eigenvalue weighted by atomic mass is 9.75. The van der Waals surface area contributed by atoms with Crippen LogP contribution in [0.3, 0.4) is 0 Å². The second kappa shape index (κ2) is 7.33. The maximum Gasteiger partial charge on any atom is 0.0701 e. The first-order chi connectivity index (χ1) is 9.21. The highest BCUT2D eigenvalue weighted by atomic mass is 32.2. The van der Waals surface area contributed by atoms with E-state index in [1.54, 1.807) is 0 Å². The van der Waals surface area contributed by atoms with Crippen molar-refractivity contribution in [1.82, 2.24) is 5.32 Å². The highest BCUT2D eigenvalue weighted by Crippen LogP contribution is 2.41. The molecule has 19 heavy (non-hydrogen) atoms. The van der Waals surface area contributed by atoms with Crippen LogP contribution in [0.5, 0.6) is 0 Å². The summed E-state index contributed by atoms with van der Waals surface area (Å²) in [5.74, 6) is 4.18. The number of hydrogen-bond acceptors (Lipinski definition) is 3. The molecule has 0 radical (unpaired) electrons. The van der Waals surface area contributed by atoms with Gasteiger partial charge in [-0.1, -0.05) is 20.3 Å². The van der Waals surface area contributed by atoms with Gasteiger partial charge in [0.2, 0.25) is 0 Å². The van der Waals surface area contributed by atoms with Crippen LogP contribution in [0.2, 0.25) is 0 Å². The molecule has 1 spiro atoms. The Bertz CT molecular complexity index is 260. The van der Waals surface area contributed by atoms with Crippen molar-refractivity contribution in [2.45, 2.75) is 64.0 Å². The molecule has 0 bridgehead atoms. The summed E-state index contributed by atoms with van der Waals surface area (Å²) >= 11 is 2.10. The summed E-state index contributed by atoms with van der Waals surface area (Å²) in [5, 5.41) is 3.62. The number of rotatable bonds is 5. The Kier molecular flexibility index (Phi) is 6.04. The molecule has 0 aliphatic carbocycles. The van der Waals surface area contributed by atoms with Gasteiger partial charge in [0.15, 0.2) is 0 Å². The van der Waals surface area contributed by atoms with Gasteiger partial charge in [0.25, 0.3) is 0 Å². The molecular weight excluding hydrogens is 254 g/mol. The predicted octanol–water partition coefficient (Wildman–Crippen LogP) is 3.70. The topological polar surface area (TPSA) is 21.3 Å². The summed E-state index contributed by atoms with van der Waals surface area (Å²) in [4.78, 5) is 0. The predicted molar refractivity (Wildman–Crippen MR) is 84.9 cm³/mol. The zero-order valence-corrected chi connectivity index (χ0v) is 13.7. The second-order valence-corrected chi connectivity index (χ2v) is 7.70. The highest BCUT2D eigenvalue weighted by molar-refractivity contribution is 7.99. The van der Waals surface area contributed by atoms with Crippen molar-refractivity contribution in [3.05, 3.63) is 0 Å². The Hall–Kier alpha value is 0.270. The molecule has 0 aromatic heterocycles. The maximum absolute atomic E-state index is 6.23. The average Bonchev–Trinajstić information content (AvgIpc) is 2.41. The van der Waals surface area contributed by atoms with Crippen LogP contribution in [-0.2, 0) is 4.74 Å². The fraction of sp³-hybridized carbons (Fsp3) is 1.00. The Morgan fingerprint density at radius 2 is 2.11 bits per heavy atom. The zero-order valence-electron chi connectivity index (χ0n) is 12.9. The Morgan fingerprint density at radius 3 is 2.74 bits per heavy atom. The minimum Gasteiger partial charge on any atom is -0.375 e. The molecule has 2 nitrogen and oxygen atoms in total. The lowest BCUT2D eigenvalue weighted by Crippen LogP contribution is -2.49. The van der Waals surface area contributed by atoms with Gasteiger partial charge < -0.3 is 10.1 Å². The minimum absolute atomic E-state index is 0.231. The van der Waals surface area contributed by atoms with Gasteiger partial charge in [-0.2, -0.15) is 11.8 Å². The van der Waals surface area contributed by atoms with Crippen LogP contribution in [0.4, 0.5) is 0 Å². The lowest BCUT2D eigenvalue weighted by molar-refractivity contribution is -0.109. The largest absolute Gasteiger partial charge is 0.375 e. The Labute approximate surface area is 123 Å². The highest BCUT2D eigenvalue weighted by Gasteiger charge is 2.41. The molecule has 0 amide bonds. The summed E-state index contributed by atoms with van der Waals surface area (Å²) in [6.07, 6.45) is 7.71. The number of nitrogens with one attached hydrogen (secondary N) is 1. The van der Waals surface area contributed by atoms with Crippen molar-refractivity contribution in [2.75, 3.05) is 25.2 Å².